The van der Waals surface area contributed by atoms with Gasteiger partial charge in [-0.05, 0) is 49.7 Å². The summed E-state index contributed by atoms with van der Waals surface area (Å²) in [5.74, 6) is 2.24. The summed E-state index contributed by atoms with van der Waals surface area (Å²) in [6.45, 7) is 3.94. The Morgan fingerprint density at radius 3 is 2.45 bits per heavy atom. The second-order valence-corrected chi connectivity index (χ2v) is 5.53. The van der Waals surface area contributed by atoms with E-state index in [-0.39, 0.29) is 6.04 Å². The quantitative estimate of drug-likeness (QED) is 0.889. The molecule has 0 spiro atoms. The first-order chi connectivity index (χ1) is 9.52. The molecule has 0 saturated carbocycles. The van der Waals surface area contributed by atoms with E-state index in [1.54, 1.807) is 7.11 Å². The van der Waals surface area contributed by atoms with Gasteiger partial charge in [0.05, 0.1) is 12.7 Å². The van der Waals surface area contributed by atoms with Gasteiger partial charge in [-0.15, -0.1) is 0 Å². The Bertz CT molecular complexity index is 611. The molecule has 0 heterocycles. The Kier molecular flexibility index (Phi) is 4.68. The minimum Gasteiger partial charge on any atom is -0.496 e. The lowest BCUT2D eigenvalue weighted by Gasteiger charge is -2.17. The van der Waals surface area contributed by atoms with E-state index in [4.69, 9.17) is 15.2 Å². The second kappa shape index (κ2) is 6.29. The monoisotopic (exact) mass is 335 g/mol. The fraction of sp³-hybridized carbons (Fsp3) is 0.250. The molecule has 2 rings (SSSR count). The number of aryl methyl sites for hydroxylation is 1. The maximum atomic E-state index is 6.03. The molecule has 0 fully saturated rings. The Morgan fingerprint density at radius 2 is 1.85 bits per heavy atom. The number of halogens is 1. The highest BCUT2D eigenvalue weighted by molar-refractivity contribution is 9.10. The molecule has 0 aliphatic carbocycles. The molecule has 20 heavy (non-hydrogen) atoms. The highest BCUT2D eigenvalue weighted by Crippen LogP contribution is 2.36. The van der Waals surface area contributed by atoms with E-state index < -0.39 is 0 Å². The molecule has 106 valence electrons. The molecular weight excluding hydrogens is 318 g/mol. The molecule has 0 aliphatic rings. The van der Waals surface area contributed by atoms with E-state index >= 15 is 0 Å². The van der Waals surface area contributed by atoms with E-state index in [9.17, 15) is 0 Å². The zero-order valence-corrected chi connectivity index (χ0v) is 13.4. The number of rotatable bonds is 4. The molecule has 0 amide bonds. The third-order valence-corrected chi connectivity index (χ3v) is 3.95. The summed E-state index contributed by atoms with van der Waals surface area (Å²) in [6.07, 6.45) is 0. The van der Waals surface area contributed by atoms with Crippen LogP contribution in [0.1, 0.15) is 24.1 Å². The predicted molar refractivity (Wildman–Crippen MR) is 84.5 cm³/mol. The molecule has 2 N–H and O–H groups in total. The summed E-state index contributed by atoms with van der Waals surface area (Å²) >= 11 is 3.48. The van der Waals surface area contributed by atoms with Crippen molar-refractivity contribution in [1.29, 1.82) is 0 Å². The summed E-state index contributed by atoms with van der Waals surface area (Å²) in [4.78, 5) is 0. The molecule has 2 aromatic rings. The Morgan fingerprint density at radius 1 is 1.15 bits per heavy atom. The van der Waals surface area contributed by atoms with Crippen LogP contribution in [0.4, 0.5) is 0 Å². The molecule has 0 aliphatic heterocycles. The van der Waals surface area contributed by atoms with Crippen molar-refractivity contribution in [2.75, 3.05) is 7.11 Å². The van der Waals surface area contributed by atoms with Crippen LogP contribution < -0.4 is 15.2 Å². The number of ether oxygens (including phenoxy) is 2. The minimum absolute atomic E-state index is 0.169. The normalized spacial score (nSPS) is 12.1. The highest BCUT2D eigenvalue weighted by Gasteiger charge is 2.15. The zero-order chi connectivity index (χ0) is 14.7. The van der Waals surface area contributed by atoms with Crippen molar-refractivity contribution in [3.8, 4) is 17.2 Å². The fourth-order valence-corrected chi connectivity index (χ4v) is 2.29. The van der Waals surface area contributed by atoms with Crippen molar-refractivity contribution >= 4 is 15.9 Å². The van der Waals surface area contributed by atoms with Gasteiger partial charge in [0.1, 0.15) is 17.2 Å². The summed E-state index contributed by atoms with van der Waals surface area (Å²) in [6, 6.07) is 11.4. The average molecular weight is 336 g/mol. The van der Waals surface area contributed by atoms with Gasteiger partial charge >= 0.3 is 0 Å². The van der Waals surface area contributed by atoms with Crippen LogP contribution in [0.25, 0.3) is 0 Å². The number of hydrogen-bond donors (Lipinski definition) is 1. The van der Waals surface area contributed by atoms with Crippen LogP contribution in [0.3, 0.4) is 0 Å². The number of benzene rings is 2. The topological polar surface area (TPSA) is 44.5 Å². The van der Waals surface area contributed by atoms with Crippen molar-refractivity contribution in [1.82, 2.24) is 0 Å². The Balaban J connectivity index is 2.40. The maximum absolute atomic E-state index is 6.03. The van der Waals surface area contributed by atoms with Gasteiger partial charge in [0.25, 0.3) is 0 Å². The minimum atomic E-state index is -0.169. The van der Waals surface area contributed by atoms with Crippen molar-refractivity contribution < 1.29 is 9.47 Å². The molecular formula is C16H18BrNO2. The fourth-order valence-electron chi connectivity index (χ4n) is 2.05. The van der Waals surface area contributed by atoms with Crippen molar-refractivity contribution in [3.05, 3.63) is 52.0 Å². The van der Waals surface area contributed by atoms with E-state index in [1.807, 2.05) is 50.2 Å². The Hall–Kier alpha value is -1.52. The molecule has 0 saturated heterocycles. The van der Waals surface area contributed by atoms with E-state index in [2.05, 4.69) is 15.9 Å². The third-order valence-electron chi connectivity index (χ3n) is 3.06. The van der Waals surface area contributed by atoms with Crippen molar-refractivity contribution in [2.24, 2.45) is 5.73 Å². The third kappa shape index (κ3) is 3.14. The molecule has 4 heteroatoms. The first-order valence-corrected chi connectivity index (χ1v) is 7.18. The van der Waals surface area contributed by atoms with Gasteiger partial charge in [-0.1, -0.05) is 22.0 Å². The van der Waals surface area contributed by atoms with Crippen LogP contribution >= 0.6 is 15.9 Å². The van der Waals surface area contributed by atoms with E-state index in [1.165, 1.54) is 0 Å². The zero-order valence-electron chi connectivity index (χ0n) is 11.8. The summed E-state index contributed by atoms with van der Waals surface area (Å²) in [5, 5.41) is 0. The summed E-state index contributed by atoms with van der Waals surface area (Å²) in [7, 11) is 1.63. The van der Waals surface area contributed by atoms with Crippen LogP contribution in [-0.4, -0.2) is 7.11 Å². The lowest BCUT2D eigenvalue weighted by Crippen LogP contribution is -2.08. The number of hydrogen-bond acceptors (Lipinski definition) is 3. The lowest BCUT2D eigenvalue weighted by atomic mass is 10.1. The lowest BCUT2D eigenvalue weighted by molar-refractivity contribution is 0.397. The molecule has 2 aromatic carbocycles. The average Bonchev–Trinajstić information content (AvgIpc) is 2.42. The van der Waals surface area contributed by atoms with Crippen LogP contribution in [0.15, 0.2) is 40.9 Å². The first-order valence-electron chi connectivity index (χ1n) is 6.39. The van der Waals surface area contributed by atoms with Gasteiger partial charge in [-0.25, -0.2) is 0 Å². The standard InChI is InChI=1S/C16H18BrNO2/c1-10-9-12(7-8-13(10)17)20-15-6-4-5-14(19-3)16(15)11(2)18/h4-9,11H,18H2,1-3H3/t11-/m1/s1. The summed E-state index contributed by atoms with van der Waals surface area (Å²) < 4.78 is 12.4. The van der Waals surface area contributed by atoms with Crippen LogP contribution in [0, 0.1) is 6.92 Å². The first kappa shape index (κ1) is 14.9. The molecule has 0 unspecified atom stereocenters. The van der Waals surface area contributed by atoms with Crippen LogP contribution in [0.2, 0.25) is 0 Å². The molecule has 3 nitrogen and oxygen atoms in total. The van der Waals surface area contributed by atoms with Crippen LogP contribution in [0.5, 0.6) is 17.2 Å². The number of methoxy groups -OCH3 is 1. The second-order valence-electron chi connectivity index (χ2n) is 4.67. The van der Waals surface area contributed by atoms with Crippen molar-refractivity contribution in [3.63, 3.8) is 0 Å². The van der Waals surface area contributed by atoms with Gasteiger partial charge in [-0.2, -0.15) is 0 Å². The smallest absolute Gasteiger partial charge is 0.135 e. The Labute approximate surface area is 127 Å². The highest BCUT2D eigenvalue weighted by atomic mass is 79.9. The van der Waals surface area contributed by atoms with E-state index in [0.29, 0.717) is 0 Å². The predicted octanol–water partition coefficient (Wildman–Crippen LogP) is 4.58. The van der Waals surface area contributed by atoms with Gasteiger partial charge in [-0.3, -0.25) is 0 Å². The van der Waals surface area contributed by atoms with Gasteiger partial charge in [0, 0.05) is 10.5 Å². The van der Waals surface area contributed by atoms with Crippen molar-refractivity contribution in [2.45, 2.75) is 19.9 Å². The summed E-state index contributed by atoms with van der Waals surface area (Å²) in [5.41, 5.74) is 8.02. The van der Waals surface area contributed by atoms with Gasteiger partial charge in [0.2, 0.25) is 0 Å². The van der Waals surface area contributed by atoms with E-state index in [0.717, 1.165) is 32.8 Å². The molecule has 0 bridgehead atoms. The van der Waals surface area contributed by atoms with Crippen LogP contribution in [-0.2, 0) is 0 Å². The number of nitrogens with two attached hydrogens (primary N) is 1. The van der Waals surface area contributed by atoms with Gasteiger partial charge in [0.15, 0.2) is 0 Å². The molecule has 0 aromatic heterocycles. The maximum Gasteiger partial charge on any atom is 0.135 e. The van der Waals surface area contributed by atoms with Gasteiger partial charge < -0.3 is 15.2 Å². The molecule has 0 radical (unpaired) electrons. The SMILES string of the molecule is COc1cccc(Oc2ccc(Br)c(C)c2)c1[C@@H](C)N. The molecule has 1 atom stereocenters. The largest absolute Gasteiger partial charge is 0.496 e.